The molecule has 0 spiro atoms. The summed E-state index contributed by atoms with van der Waals surface area (Å²) in [4.78, 5) is 25.6. The summed E-state index contributed by atoms with van der Waals surface area (Å²) >= 11 is 1.40. The van der Waals surface area contributed by atoms with Crippen molar-refractivity contribution in [1.29, 1.82) is 0 Å². The van der Waals surface area contributed by atoms with E-state index in [1.165, 1.54) is 11.3 Å². The monoisotopic (exact) mass is 456 g/mol. The maximum Gasteiger partial charge on any atom is 0.261 e. The Kier molecular flexibility index (Phi) is 7.17. The molecule has 0 unspecified atom stereocenters. The maximum absolute atomic E-state index is 12.8. The quantitative estimate of drug-likeness (QED) is 0.351. The first-order valence-electron chi connectivity index (χ1n) is 10.6. The molecule has 1 aromatic heterocycles. The number of nitrogens with one attached hydrogen (secondary N) is 2. The summed E-state index contributed by atoms with van der Waals surface area (Å²) in [6, 6.07) is 26.4. The van der Waals surface area contributed by atoms with Crippen LogP contribution in [-0.4, -0.2) is 11.8 Å². The highest BCUT2D eigenvalue weighted by Gasteiger charge is 2.12. The molecule has 0 fully saturated rings. The summed E-state index contributed by atoms with van der Waals surface area (Å²) in [6.07, 6.45) is 0. The summed E-state index contributed by atoms with van der Waals surface area (Å²) in [6.45, 7) is 2.80. The molecule has 0 saturated heterocycles. The number of thiophene rings is 1. The fraction of sp³-hybridized carbons (Fsp3) is 0.111. The van der Waals surface area contributed by atoms with Gasteiger partial charge in [-0.1, -0.05) is 54.6 Å². The third-order valence-corrected chi connectivity index (χ3v) is 5.91. The molecule has 2 amide bonds. The first kappa shape index (κ1) is 22.3. The van der Waals surface area contributed by atoms with Gasteiger partial charge in [0.05, 0.1) is 10.6 Å². The third-order valence-electron chi connectivity index (χ3n) is 5.04. The Labute approximate surface area is 197 Å². The summed E-state index contributed by atoms with van der Waals surface area (Å²) in [5.41, 5.74) is 4.16. The van der Waals surface area contributed by atoms with Gasteiger partial charge in [0.1, 0.15) is 12.4 Å². The molecular weight excluding hydrogens is 432 g/mol. The highest BCUT2D eigenvalue weighted by molar-refractivity contribution is 7.12. The fourth-order valence-electron chi connectivity index (χ4n) is 3.23. The molecule has 33 heavy (non-hydrogen) atoms. The van der Waals surface area contributed by atoms with Gasteiger partial charge in [-0.2, -0.15) is 0 Å². The highest BCUT2D eigenvalue weighted by Crippen LogP contribution is 2.27. The van der Waals surface area contributed by atoms with Crippen LogP contribution in [-0.2, 0) is 13.2 Å². The maximum atomic E-state index is 12.8. The molecule has 1 heterocycles. The third kappa shape index (κ3) is 6.08. The lowest BCUT2D eigenvalue weighted by Gasteiger charge is -2.14. The van der Waals surface area contributed by atoms with E-state index in [1.54, 1.807) is 18.2 Å². The number of aryl methyl sites for hydroxylation is 1. The Morgan fingerprint density at radius 3 is 2.36 bits per heavy atom. The second-order valence-corrected chi connectivity index (χ2v) is 8.53. The molecule has 0 aliphatic rings. The second kappa shape index (κ2) is 10.6. The Balaban J connectivity index is 1.38. The lowest BCUT2D eigenvalue weighted by molar-refractivity contribution is 0.0953. The van der Waals surface area contributed by atoms with Crippen LogP contribution in [0.1, 0.15) is 36.7 Å². The summed E-state index contributed by atoms with van der Waals surface area (Å²) < 4.78 is 5.99. The number of carbonyl (C=O) groups excluding carboxylic acids is 2. The van der Waals surface area contributed by atoms with E-state index in [0.29, 0.717) is 35.0 Å². The standard InChI is InChI=1S/C27H24N2O3S/c1-19-9-14-23(24(16-19)32-18-21-6-3-2-4-7-21)29-26(30)22-12-10-20(11-13-22)17-28-27(31)25-8-5-15-33-25/h2-16H,17-18H2,1H3,(H,28,31)(H,29,30). The zero-order valence-corrected chi connectivity index (χ0v) is 19.0. The van der Waals surface area contributed by atoms with Crippen molar-refractivity contribution >= 4 is 28.8 Å². The van der Waals surface area contributed by atoms with Crippen LogP contribution in [0.5, 0.6) is 5.75 Å². The van der Waals surface area contributed by atoms with Gasteiger partial charge in [0.2, 0.25) is 0 Å². The molecule has 0 saturated carbocycles. The molecule has 0 atom stereocenters. The van der Waals surface area contributed by atoms with Gasteiger partial charge >= 0.3 is 0 Å². The number of hydrogen-bond donors (Lipinski definition) is 2. The van der Waals surface area contributed by atoms with Gasteiger partial charge in [-0.05, 0) is 59.3 Å². The summed E-state index contributed by atoms with van der Waals surface area (Å²) in [5, 5.41) is 7.70. The Bertz CT molecular complexity index is 1220. The lowest BCUT2D eigenvalue weighted by atomic mass is 10.1. The molecule has 5 nitrogen and oxygen atoms in total. The van der Waals surface area contributed by atoms with Gasteiger partial charge in [-0.3, -0.25) is 9.59 Å². The van der Waals surface area contributed by atoms with Crippen LogP contribution in [0.15, 0.2) is 90.3 Å². The Hall–Kier alpha value is -3.90. The van der Waals surface area contributed by atoms with Crippen LogP contribution in [0.25, 0.3) is 0 Å². The van der Waals surface area contributed by atoms with Crippen LogP contribution >= 0.6 is 11.3 Å². The van der Waals surface area contributed by atoms with Crippen molar-refractivity contribution in [2.75, 3.05) is 5.32 Å². The van der Waals surface area contributed by atoms with Gasteiger partial charge in [0.15, 0.2) is 0 Å². The second-order valence-electron chi connectivity index (χ2n) is 7.58. The van der Waals surface area contributed by atoms with E-state index in [4.69, 9.17) is 4.74 Å². The molecule has 0 aliphatic carbocycles. The highest BCUT2D eigenvalue weighted by atomic mass is 32.1. The first-order chi connectivity index (χ1) is 16.1. The number of rotatable bonds is 8. The SMILES string of the molecule is Cc1ccc(NC(=O)c2ccc(CNC(=O)c3cccs3)cc2)c(OCc2ccccc2)c1. The minimum Gasteiger partial charge on any atom is -0.487 e. The number of anilines is 1. The van der Waals surface area contributed by atoms with Gasteiger partial charge in [0, 0.05) is 12.1 Å². The Morgan fingerprint density at radius 2 is 1.64 bits per heavy atom. The molecule has 166 valence electrons. The van der Waals surface area contributed by atoms with Crippen molar-refractivity contribution in [2.24, 2.45) is 0 Å². The average Bonchev–Trinajstić information content (AvgIpc) is 3.39. The number of amides is 2. The van der Waals surface area contributed by atoms with Crippen LogP contribution in [0.4, 0.5) is 5.69 Å². The largest absolute Gasteiger partial charge is 0.487 e. The molecule has 2 N–H and O–H groups in total. The van der Waals surface area contributed by atoms with Crippen LogP contribution in [0, 0.1) is 6.92 Å². The number of ether oxygens (including phenoxy) is 1. The van der Waals surface area contributed by atoms with E-state index < -0.39 is 0 Å². The van der Waals surface area contributed by atoms with Crippen molar-refractivity contribution in [1.82, 2.24) is 5.32 Å². The zero-order chi connectivity index (χ0) is 23.0. The lowest BCUT2D eigenvalue weighted by Crippen LogP contribution is -2.21. The molecular formula is C27H24N2O3S. The predicted molar refractivity (Wildman–Crippen MR) is 132 cm³/mol. The van der Waals surface area contributed by atoms with Gasteiger partial charge < -0.3 is 15.4 Å². The van der Waals surface area contributed by atoms with Crippen molar-refractivity contribution in [3.63, 3.8) is 0 Å². The molecule has 6 heteroatoms. The van der Waals surface area contributed by atoms with Gasteiger partial charge in [0.25, 0.3) is 11.8 Å². The van der Waals surface area contributed by atoms with E-state index in [-0.39, 0.29) is 11.8 Å². The normalized spacial score (nSPS) is 10.5. The topological polar surface area (TPSA) is 67.4 Å². The van der Waals surface area contributed by atoms with E-state index in [9.17, 15) is 9.59 Å². The number of carbonyl (C=O) groups is 2. The smallest absolute Gasteiger partial charge is 0.261 e. The van der Waals surface area contributed by atoms with Crippen LogP contribution in [0.3, 0.4) is 0 Å². The molecule has 0 aliphatic heterocycles. The summed E-state index contributed by atoms with van der Waals surface area (Å²) in [5.74, 6) is 0.298. The molecule has 4 aromatic rings. The van der Waals surface area contributed by atoms with Gasteiger partial charge in [-0.25, -0.2) is 0 Å². The number of benzene rings is 3. The van der Waals surface area contributed by atoms with Crippen molar-refractivity contribution in [2.45, 2.75) is 20.1 Å². The van der Waals surface area contributed by atoms with Gasteiger partial charge in [-0.15, -0.1) is 11.3 Å². The molecule has 0 radical (unpaired) electrons. The zero-order valence-electron chi connectivity index (χ0n) is 18.2. The minimum atomic E-state index is -0.224. The fourth-order valence-corrected chi connectivity index (χ4v) is 3.87. The van der Waals surface area contributed by atoms with E-state index in [1.807, 2.05) is 79.0 Å². The van der Waals surface area contributed by atoms with Crippen molar-refractivity contribution in [3.05, 3.63) is 117 Å². The number of hydrogen-bond acceptors (Lipinski definition) is 4. The van der Waals surface area contributed by atoms with E-state index >= 15 is 0 Å². The Morgan fingerprint density at radius 1 is 0.848 bits per heavy atom. The van der Waals surface area contributed by atoms with Crippen LogP contribution < -0.4 is 15.4 Å². The van der Waals surface area contributed by atoms with Crippen molar-refractivity contribution in [3.8, 4) is 5.75 Å². The van der Waals surface area contributed by atoms with E-state index in [0.717, 1.165) is 16.7 Å². The van der Waals surface area contributed by atoms with E-state index in [2.05, 4.69) is 10.6 Å². The first-order valence-corrected chi connectivity index (χ1v) is 11.5. The minimum absolute atomic E-state index is 0.103. The molecule has 4 rings (SSSR count). The van der Waals surface area contributed by atoms with Crippen LogP contribution in [0.2, 0.25) is 0 Å². The molecule has 0 bridgehead atoms. The predicted octanol–water partition coefficient (Wildman–Crippen LogP) is 5.82. The molecule has 3 aromatic carbocycles. The summed E-state index contributed by atoms with van der Waals surface area (Å²) in [7, 11) is 0. The average molecular weight is 457 g/mol. The van der Waals surface area contributed by atoms with Crippen molar-refractivity contribution < 1.29 is 14.3 Å².